The number of carbonyl (C=O) groups is 2. The predicted molar refractivity (Wildman–Crippen MR) is 103 cm³/mol. The van der Waals surface area contributed by atoms with Crippen molar-refractivity contribution in [3.8, 4) is 0 Å². The number of benzene rings is 2. The average Bonchev–Trinajstić information content (AvgIpc) is 2.62. The van der Waals surface area contributed by atoms with Crippen molar-refractivity contribution in [2.45, 2.75) is 33.0 Å². The number of hydrogen-bond donors (Lipinski definition) is 3. The van der Waals surface area contributed by atoms with Crippen LogP contribution in [-0.2, 0) is 11.0 Å². The van der Waals surface area contributed by atoms with Crippen LogP contribution >= 0.6 is 0 Å². The van der Waals surface area contributed by atoms with E-state index in [4.69, 9.17) is 0 Å². The third kappa shape index (κ3) is 4.42. The van der Waals surface area contributed by atoms with Crippen molar-refractivity contribution in [3.63, 3.8) is 0 Å². The van der Waals surface area contributed by atoms with Crippen molar-refractivity contribution in [3.05, 3.63) is 76.0 Å². The number of urea groups is 1. The molecule has 1 atom stereocenters. The standard InChI is InChI=1S/C21H20F3N3O2/c1-11-7-8-12(2)16(9-11)18-17(13(3)25-20(29)27-18)19(28)26-15-6-4-5-14(10-15)21(22,23)24/h4-10,18H,1-3H3,(H,26,28)(H2,25,27,29)/t18-/m0/s1. The molecule has 1 aliphatic heterocycles. The highest BCUT2D eigenvalue weighted by Crippen LogP contribution is 2.32. The van der Waals surface area contributed by atoms with Gasteiger partial charge in [-0.05, 0) is 50.1 Å². The molecule has 0 unspecified atom stereocenters. The highest BCUT2D eigenvalue weighted by atomic mass is 19.4. The van der Waals surface area contributed by atoms with Gasteiger partial charge in [0.2, 0.25) is 0 Å². The molecule has 0 bridgehead atoms. The van der Waals surface area contributed by atoms with Crippen LogP contribution in [-0.4, -0.2) is 11.9 Å². The molecule has 0 radical (unpaired) electrons. The summed E-state index contributed by atoms with van der Waals surface area (Å²) in [6.07, 6.45) is -4.52. The van der Waals surface area contributed by atoms with Crippen molar-refractivity contribution in [2.75, 3.05) is 5.32 Å². The normalized spacial score (nSPS) is 16.9. The summed E-state index contributed by atoms with van der Waals surface area (Å²) in [4.78, 5) is 25.0. The maximum Gasteiger partial charge on any atom is 0.416 e. The van der Waals surface area contributed by atoms with Crippen LogP contribution in [0.3, 0.4) is 0 Å². The van der Waals surface area contributed by atoms with E-state index in [1.54, 1.807) is 6.92 Å². The Morgan fingerprint density at radius 2 is 1.79 bits per heavy atom. The van der Waals surface area contributed by atoms with Crippen LogP contribution in [0.2, 0.25) is 0 Å². The van der Waals surface area contributed by atoms with Gasteiger partial charge in [0.05, 0.1) is 17.2 Å². The summed E-state index contributed by atoms with van der Waals surface area (Å²) in [5.74, 6) is -0.597. The second-order valence-electron chi connectivity index (χ2n) is 6.96. The molecule has 3 amide bonds. The molecule has 1 aliphatic rings. The molecule has 3 N–H and O–H groups in total. The highest BCUT2D eigenvalue weighted by molar-refractivity contribution is 6.06. The van der Waals surface area contributed by atoms with E-state index in [9.17, 15) is 22.8 Å². The molecule has 0 fully saturated rings. The Morgan fingerprint density at radius 1 is 1.07 bits per heavy atom. The molecule has 29 heavy (non-hydrogen) atoms. The molecule has 0 aliphatic carbocycles. The van der Waals surface area contributed by atoms with Gasteiger partial charge in [0.15, 0.2) is 0 Å². The Labute approximate surface area is 166 Å². The number of anilines is 1. The van der Waals surface area contributed by atoms with Gasteiger partial charge in [-0.15, -0.1) is 0 Å². The zero-order valence-corrected chi connectivity index (χ0v) is 16.1. The second-order valence-corrected chi connectivity index (χ2v) is 6.96. The number of alkyl halides is 3. The number of carbonyl (C=O) groups excluding carboxylic acids is 2. The van der Waals surface area contributed by atoms with Crippen LogP contribution < -0.4 is 16.0 Å². The summed E-state index contributed by atoms with van der Waals surface area (Å²) in [6.45, 7) is 5.34. The first-order valence-corrected chi connectivity index (χ1v) is 8.90. The maximum atomic E-state index is 13.0. The van der Waals surface area contributed by atoms with E-state index in [0.29, 0.717) is 5.70 Å². The second kappa shape index (κ2) is 7.62. The first-order chi connectivity index (χ1) is 13.6. The molecule has 0 saturated heterocycles. The molecule has 8 heteroatoms. The van der Waals surface area contributed by atoms with Crippen molar-refractivity contribution in [1.82, 2.24) is 10.6 Å². The number of hydrogen-bond acceptors (Lipinski definition) is 2. The van der Waals surface area contributed by atoms with Gasteiger partial charge in [-0.25, -0.2) is 4.79 Å². The van der Waals surface area contributed by atoms with Crippen molar-refractivity contribution in [1.29, 1.82) is 0 Å². The van der Waals surface area contributed by atoms with Crippen LogP contribution in [0.5, 0.6) is 0 Å². The molecule has 2 aromatic rings. The van der Waals surface area contributed by atoms with Crippen molar-refractivity contribution in [2.24, 2.45) is 0 Å². The number of halogens is 3. The Bertz CT molecular complexity index is 1010. The minimum absolute atomic E-state index is 0.0155. The maximum absolute atomic E-state index is 13.0. The Balaban J connectivity index is 1.98. The van der Waals surface area contributed by atoms with Gasteiger partial charge in [-0.1, -0.05) is 29.8 Å². The molecular formula is C21H20F3N3O2. The van der Waals surface area contributed by atoms with Crippen LogP contribution in [0.15, 0.2) is 53.7 Å². The molecule has 1 heterocycles. The molecule has 3 rings (SSSR count). The van der Waals surface area contributed by atoms with Gasteiger partial charge >= 0.3 is 12.2 Å². The Hall–Kier alpha value is -3.29. The Kier molecular flexibility index (Phi) is 5.37. The lowest BCUT2D eigenvalue weighted by atomic mass is 9.90. The van der Waals surface area contributed by atoms with Gasteiger partial charge in [-0.2, -0.15) is 13.2 Å². The summed E-state index contributed by atoms with van der Waals surface area (Å²) in [7, 11) is 0. The fourth-order valence-corrected chi connectivity index (χ4v) is 3.27. The summed E-state index contributed by atoms with van der Waals surface area (Å²) < 4.78 is 38.9. The van der Waals surface area contributed by atoms with Crippen LogP contribution in [0.4, 0.5) is 23.7 Å². The van der Waals surface area contributed by atoms with E-state index in [0.717, 1.165) is 28.8 Å². The van der Waals surface area contributed by atoms with Gasteiger partial charge in [0.25, 0.3) is 5.91 Å². The summed E-state index contributed by atoms with van der Waals surface area (Å²) in [6, 6.07) is 8.90. The first kappa shape index (κ1) is 20.4. The van der Waals surface area contributed by atoms with Gasteiger partial charge < -0.3 is 16.0 Å². The average molecular weight is 403 g/mol. The minimum atomic E-state index is -4.52. The fourth-order valence-electron chi connectivity index (χ4n) is 3.27. The number of aryl methyl sites for hydroxylation is 2. The molecule has 152 valence electrons. The molecule has 2 aromatic carbocycles. The lowest BCUT2D eigenvalue weighted by molar-refractivity contribution is -0.137. The van der Waals surface area contributed by atoms with Gasteiger partial charge in [0, 0.05) is 11.4 Å². The number of nitrogens with one attached hydrogen (secondary N) is 3. The van der Waals surface area contributed by atoms with Crippen LogP contribution in [0.25, 0.3) is 0 Å². The van der Waals surface area contributed by atoms with Crippen LogP contribution in [0.1, 0.15) is 35.2 Å². The quantitative estimate of drug-likeness (QED) is 0.702. The Morgan fingerprint density at radius 3 is 2.48 bits per heavy atom. The van der Waals surface area contributed by atoms with E-state index in [-0.39, 0.29) is 11.3 Å². The third-order valence-electron chi connectivity index (χ3n) is 4.71. The van der Waals surface area contributed by atoms with E-state index in [1.165, 1.54) is 12.1 Å². The number of rotatable bonds is 3. The fraction of sp³-hybridized carbons (Fsp3) is 0.238. The molecule has 0 spiro atoms. The highest BCUT2D eigenvalue weighted by Gasteiger charge is 2.33. The topological polar surface area (TPSA) is 70.2 Å². The predicted octanol–water partition coefficient (Wildman–Crippen LogP) is 4.59. The first-order valence-electron chi connectivity index (χ1n) is 8.90. The van der Waals surface area contributed by atoms with E-state index in [1.807, 2.05) is 32.0 Å². The smallest absolute Gasteiger partial charge is 0.327 e. The molecule has 0 saturated carbocycles. The van der Waals surface area contributed by atoms with Gasteiger partial charge in [-0.3, -0.25) is 4.79 Å². The molecular weight excluding hydrogens is 383 g/mol. The SMILES string of the molecule is CC1=C(C(=O)Nc2cccc(C(F)(F)F)c2)[C@H](c2cc(C)ccc2C)NC(=O)N1. The van der Waals surface area contributed by atoms with E-state index in [2.05, 4.69) is 16.0 Å². The van der Waals surface area contributed by atoms with E-state index < -0.39 is 29.7 Å². The lowest BCUT2D eigenvalue weighted by Crippen LogP contribution is -2.46. The summed E-state index contributed by atoms with van der Waals surface area (Å²) >= 11 is 0. The summed E-state index contributed by atoms with van der Waals surface area (Å²) in [5.41, 5.74) is 2.30. The molecule has 5 nitrogen and oxygen atoms in total. The van der Waals surface area contributed by atoms with E-state index >= 15 is 0 Å². The minimum Gasteiger partial charge on any atom is -0.327 e. The monoisotopic (exact) mass is 403 g/mol. The largest absolute Gasteiger partial charge is 0.416 e. The molecule has 0 aromatic heterocycles. The lowest BCUT2D eigenvalue weighted by Gasteiger charge is -2.30. The zero-order chi connectivity index (χ0) is 21.3. The zero-order valence-electron chi connectivity index (χ0n) is 16.1. The van der Waals surface area contributed by atoms with Gasteiger partial charge in [0.1, 0.15) is 0 Å². The third-order valence-corrected chi connectivity index (χ3v) is 4.71. The summed E-state index contributed by atoms with van der Waals surface area (Å²) in [5, 5.41) is 7.80. The van der Waals surface area contributed by atoms with Crippen molar-refractivity contribution >= 4 is 17.6 Å². The number of allylic oxidation sites excluding steroid dienone is 1. The van der Waals surface area contributed by atoms with Crippen LogP contribution in [0, 0.1) is 13.8 Å². The number of amides is 3. The van der Waals surface area contributed by atoms with Crippen molar-refractivity contribution < 1.29 is 22.8 Å².